The molecule has 15 heavy (non-hydrogen) atoms. The van der Waals surface area contributed by atoms with Crippen LogP contribution in [0.5, 0.6) is 0 Å². The molecule has 1 aliphatic rings. The predicted molar refractivity (Wildman–Crippen MR) is 63.4 cm³/mol. The third-order valence-corrected chi connectivity index (χ3v) is 3.25. The number of rotatable bonds is 1. The largest absolute Gasteiger partial charge is 0.391 e. The number of aryl methyl sites for hydroxylation is 2. The van der Waals surface area contributed by atoms with Crippen LogP contribution in [0.2, 0.25) is 0 Å². The molecule has 1 atom stereocenters. The lowest BCUT2D eigenvalue weighted by Crippen LogP contribution is -2.38. The van der Waals surface area contributed by atoms with Gasteiger partial charge in [0.2, 0.25) is 0 Å². The average Bonchev–Trinajstić information content (AvgIpc) is 2.22. The molecule has 0 radical (unpaired) electrons. The molecule has 2 heteroatoms. The molecule has 1 aromatic rings. The third-order valence-electron chi connectivity index (χ3n) is 3.25. The van der Waals surface area contributed by atoms with Crippen LogP contribution >= 0.6 is 0 Å². The molecule has 1 aliphatic heterocycles. The Morgan fingerprint density at radius 1 is 1.27 bits per heavy atom. The fourth-order valence-corrected chi connectivity index (χ4v) is 2.11. The second-order valence-electron chi connectivity index (χ2n) is 4.51. The van der Waals surface area contributed by atoms with Gasteiger partial charge in [-0.3, -0.25) is 0 Å². The van der Waals surface area contributed by atoms with E-state index >= 15 is 0 Å². The number of piperidine rings is 1. The molecule has 1 N–H and O–H groups in total. The number of β-amino-alcohol motifs (C(OH)–C–C–N with tert-alkyl or cyclic N) is 1. The molecule has 0 aliphatic carbocycles. The standard InChI is InChI=1S/C13H19NO/c1-10-5-6-12(8-11(10)2)14-7-3-4-13(15)9-14/h5-6,8,13,15H,3-4,7,9H2,1-2H3. The van der Waals surface area contributed by atoms with E-state index in [1.807, 2.05) is 0 Å². The van der Waals surface area contributed by atoms with Crippen molar-refractivity contribution < 1.29 is 5.11 Å². The molecule has 2 nitrogen and oxygen atoms in total. The molecule has 1 heterocycles. The van der Waals surface area contributed by atoms with Crippen molar-refractivity contribution in [2.45, 2.75) is 32.8 Å². The summed E-state index contributed by atoms with van der Waals surface area (Å²) in [5, 5.41) is 9.62. The average molecular weight is 205 g/mol. The van der Waals surface area contributed by atoms with Crippen molar-refractivity contribution in [1.82, 2.24) is 0 Å². The van der Waals surface area contributed by atoms with E-state index < -0.39 is 0 Å². The Morgan fingerprint density at radius 2 is 2.07 bits per heavy atom. The summed E-state index contributed by atoms with van der Waals surface area (Å²) in [6.07, 6.45) is 1.88. The van der Waals surface area contributed by atoms with Crippen molar-refractivity contribution in [3.63, 3.8) is 0 Å². The smallest absolute Gasteiger partial charge is 0.0715 e. The highest BCUT2D eigenvalue weighted by molar-refractivity contribution is 5.51. The second kappa shape index (κ2) is 4.23. The van der Waals surface area contributed by atoms with Crippen molar-refractivity contribution >= 4 is 5.69 Å². The summed E-state index contributed by atoms with van der Waals surface area (Å²) in [6, 6.07) is 6.53. The molecule has 1 unspecified atom stereocenters. The third kappa shape index (κ3) is 2.32. The molecule has 0 saturated carbocycles. The number of hydrogen-bond acceptors (Lipinski definition) is 2. The monoisotopic (exact) mass is 205 g/mol. The van der Waals surface area contributed by atoms with Gasteiger partial charge in [-0.15, -0.1) is 0 Å². The van der Waals surface area contributed by atoms with Gasteiger partial charge in [-0.25, -0.2) is 0 Å². The van der Waals surface area contributed by atoms with E-state index in [-0.39, 0.29) is 6.10 Å². The van der Waals surface area contributed by atoms with Crippen LogP contribution in [0.1, 0.15) is 24.0 Å². The van der Waals surface area contributed by atoms with Gasteiger partial charge in [-0.05, 0) is 49.9 Å². The van der Waals surface area contributed by atoms with Crippen molar-refractivity contribution in [2.24, 2.45) is 0 Å². The Hall–Kier alpha value is -1.02. The Balaban J connectivity index is 2.18. The molecule has 1 fully saturated rings. The van der Waals surface area contributed by atoms with Gasteiger partial charge in [0, 0.05) is 18.8 Å². The first-order valence-corrected chi connectivity index (χ1v) is 5.67. The molecule has 82 valence electrons. The number of benzene rings is 1. The molecule has 2 rings (SSSR count). The van der Waals surface area contributed by atoms with Crippen molar-refractivity contribution in [3.8, 4) is 0 Å². The summed E-state index contributed by atoms with van der Waals surface area (Å²) in [5.74, 6) is 0. The summed E-state index contributed by atoms with van der Waals surface area (Å²) in [4.78, 5) is 2.28. The van der Waals surface area contributed by atoms with Crippen LogP contribution in [-0.4, -0.2) is 24.3 Å². The van der Waals surface area contributed by atoms with Gasteiger partial charge >= 0.3 is 0 Å². The topological polar surface area (TPSA) is 23.5 Å². The van der Waals surface area contributed by atoms with Crippen LogP contribution in [0.25, 0.3) is 0 Å². The van der Waals surface area contributed by atoms with E-state index in [2.05, 4.69) is 36.9 Å². The summed E-state index contributed by atoms with van der Waals surface area (Å²) in [6.45, 7) is 6.12. The van der Waals surface area contributed by atoms with Gasteiger partial charge in [0.05, 0.1) is 6.10 Å². The fourth-order valence-electron chi connectivity index (χ4n) is 2.11. The molecule has 0 amide bonds. The first-order chi connectivity index (χ1) is 7.16. The molecular formula is C13H19NO. The number of hydrogen-bond donors (Lipinski definition) is 1. The SMILES string of the molecule is Cc1ccc(N2CCCC(O)C2)cc1C. The van der Waals surface area contributed by atoms with E-state index in [1.54, 1.807) is 0 Å². The van der Waals surface area contributed by atoms with Crippen LogP contribution in [0.3, 0.4) is 0 Å². The van der Waals surface area contributed by atoms with Crippen molar-refractivity contribution in [1.29, 1.82) is 0 Å². The van der Waals surface area contributed by atoms with Gasteiger partial charge in [0.15, 0.2) is 0 Å². The van der Waals surface area contributed by atoms with Crippen LogP contribution < -0.4 is 4.90 Å². The predicted octanol–water partition coefficient (Wildman–Crippen LogP) is 2.26. The molecule has 1 aromatic carbocycles. The number of anilines is 1. The molecule has 0 spiro atoms. The quantitative estimate of drug-likeness (QED) is 0.760. The highest BCUT2D eigenvalue weighted by atomic mass is 16.3. The highest BCUT2D eigenvalue weighted by Gasteiger charge is 2.17. The second-order valence-corrected chi connectivity index (χ2v) is 4.51. The molecular weight excluding hydrogens is 186 g/mol. The Morgan fingerprint density at radius 3 is 2.73 bits per heavy atom. The van der Waals surface area contributed by atoms with Crippen LogP contribution in [0.4, 0.5) is 5.69 Å². The lowest BCUT2D eigenvalue weighted by Gasteiger charge is -2.32. The maximum absolute atomic E-state index is 9.62. The van der Waals surface area contributed by atoms with E-state index in [1.165, 1.54) is 16.8 Å². The zero-order chi connectivity index (χ0) is 10.8. The molecule has 1 saturated heterocycles. The summed E-state index contributed by atoms with van der Waals surface area (Å²) in [5.41, 5.74) is 3.90. The Bertz CT molecular complexity index is 348. The maximum atomic E-state index is 9.62. The van der Waals surface area contributed by atoms with Crippen molar-refractivity contribution in [2.75, 3.05) is 18.0 Å². The molecule has 0 bridgehead atoms. The summed E-state index contributed by atoms with van der Waals surface area (Å²) >= 11 is 0. The van der Waals surface area contributed by atoms with E-state index in [9.17, 15) is 5.11 Å². The van der Waals surface area contributed by atoms with Gasteiger partial charge in [-0.1, -0.05) is 6.07 Å². The highest BCUT2D eigenvalue weighted by Crippen LogP contribution is 2.22. The van der Waals surface area contributed by atoms with Gasteiger partial charge in [0.1, 0.15) is 0 Å². The number of aliphatic hydroxyl groups excluding tert-OH is 1. The number of aliphatic hydroxyl groups is 1. The minimum atomic E-state index is -0.152. The lowest BCUT2D eigenvalue weighted by atomic mass is 10.1. The van der Waals surface area contributed by atoms with E-state index in [0.29, 0.717) is 0 Å². The summed E-state index contributed by atoms with van der Waals surface area (Å²) < 4.78 is 0. The fraction of sp³-hybridized carbons (Fsp3) is 0.538. The van der Waals surface area contributed by atoms with Crippen LogP contribution in [0.15, 0.2) is 18.2 Å². The van der Waals surface area contributed by atoms with E-state index in [0.717, 1.165) is 25.9 Å². The molecule has 0 aromatic heterocycles. The maximum Gasteiger partial charge on any atom is 0.0715 e. The van der Waals surface area contributed by atoms with Crippen LogP contribution in [-0.2, 0) is 0 Å². The Labute approximate surface area is 91.5 Å². The Kier molecular flexibility index (Phi) is 2.96. The van der Waals surface area contributed by atoms with Gasteiger partial charge in [0.25, 0.3) is 0 Å². The number of nitrogens with zero attached hydrogens (tertiary/aromatic N) is 1. The van der Waals surface area contributed by atoms with Gasteiger partial charge in [-0.2, -0.15) is 0 Å². The van der Waals surface area contributed by atoms with Crippen molar-refractivity contribution in [3.05, 3.63) is 29.3 Å². The zero-order valence-electron chi connectivity index (χ0n) is 9.53. The van der Waals surface area contributed by atoms with Crippen LogP contribution in [0, 0.1) is 13.8 Å². The summed E-state index contributed by atoms with van der Waals surface area (Å²) in [7, 11) is 0. The first-order valence-electron chi connectivity index (χ1n) is 5.67. The first kappa shape index (κ1) is 10.5. The lowest BCUT2D eigenvalue weighted by molar-refractivity contribution is 0.154. The van der Waals surface area contributed by atoms with E-state index in [4.69, 9.17) is 0 Å². The van der Waals surface area contributed by atoms with Gasteiger partial charge < -0.3 is 10.0 Å². The minimum Gasteiger partial charge on any atom is -0.391 e. The normalized spacial score (nSPS) is 21.8. The minimum absolute atomic E-state index is 0.152. The zero-order valence-corrected chi connectivity index (χ0v) is 9.53.